The van der Waals surface area contributed by atoms with Gasteiger partial charge in [0.1, 0.15) is 11.9 Å². The van der Waals surface area contributed by atoms with E-state index in [0.717, 1.165) is 48.8 Å². The molecule has 2 aromatic carbocycles. The van der Waals surface area contributed by atoms with Crippen molar-refractivity contribution >= 4 is 17.3 Å². The van der Waals surface area contributed by atoms with Crippen molar-refractivity contribution in [2.75, 3.05) is 43.1 Å². The summed E-state index contributed by atoms with van der Waals surface area (Å²) in [6.45, 7) is 6.54. The van der Waals surface area contributed by atoms with Crippen molar-refractivity contribution in [1.82, 2.24) is 4.90 Å². The van der Waals surface area contributed by atoms with Crippen LogP contribution in [0.3, 0.4) is 0 Å². The van der Waals surface area contributed by atoms with Crippen LogP contribution in [0.5, 0.6) is 0 Å². The second-order valence-electron chi connectivity index (χ2n) is 7.15. The van der Waals surface area contributed by atoms with E-state index in [-0.39, 0.29) is 17.8 Å². The summed E-state index contributed by atoms with van der Waals surface area (Å²) in [5.74, 6) is -0.248. The highest BCUT2D eigenvalue weighted by Gasteiger charge is 2.40. The summed E-state index contributed by atoms with van der Waals surface area (Å²) in [6, 6.07) is 12.6. The molecule has 0 aliphatic carbocycles. The van der Waals surface area contributed by atoms with E-state index in [4.69, 9.17) is 4.74 Å². The number of benzene rings is 2. The second kappa shape index (κ2) is 7.66. The zero-order valence-electron chi connectivity index (χ0n) is 15.5. The maximum atomic E-state index is 13.4. The molecule has 0 radical (unpaired) electrons. The molecule has 142 valence electrons. The number of nitrogens with zero attached hydrogens (tertiary/aromatic N) is 2. The number of carbonyl (C=O) groups excluding carboxylic acids is 1. The predicted octanol–water partition coefficient (Wildman–Crippen LogP) is 2.79. The molecule has 2 unspecified atom stereocenters. The van der Waals surface area contributed by atoms with Crippen LogP contribution in [-0.2, 0) is 16.1 Å². The van der Waals surface area contributed by atoms with Crippen LogP contribution in [-0.4, -0.2) is 49.7 Å². The number of nitrogens with one attached hydrogen (secondary N) is 1. The molecule has 1 amide bonds. The molecule has 2 aliphatic rings. The number of ether oxygens (including phenoxy) is 1. The standard InChI is InChI=1S/C21H24FN3O2/c1-15-2-3-17(22)12-16(15)13-25-14-20(25)21(26)23-18-4-6-19(7-5-18)24-8-10-27-11-9-24/h2-7,12,20H,8-11,13-14H2,1H3,(H,23,26). The first-order valence-corrected chi connectivity index (χ1v) is 9.33. The Morgan fingerprint density at radius 1 is 1.19 bits per heavy atom. The van der Waals surface area contributed by atoms with Crippen molar-refractivity contribution in [3.8, 4) is 0 Å². The number of morpholine rings is 1. The van der Waals surface area contributed by atoms with Gasteiger partial charge in [0.15, 0.2) is 0 Å². The highest BCUT2D eigenvalue weighted by Crippen LogP contribution is 2.25. The van der Waals surface area contributed by atoms with E-state index in [1.54, 1.807) is 12.1 Å². The van der Waals surface area contributed by atoms with Crippen LogP contribution in [0.1, 0.15) is 11.1 Å². The first kappa shape index (κ1) is 17.9. The minimum Gasteiger partial charge on any atom is -0.378 e. The number of amides is 1. The molecular formula is C21H24FN3O2. The third-order valence-electron chi connectivity index (χ3n) is 5.21. The molecule has 1 N–H and O–H groups in total. The summed E-state index contributed by atoms with van der Waals surface area (Å²) in [5, 5.41) is 2.98. The van der Waals surface area contributed by atoms with Crippen molar-refractivity contribution in [3.63, 3.8) is 0 Å². The summed E-state index contributed by atoms with van der Waals surface area (Å²) in [6.07, 6.45) is 0. The van der Waals surface area contributed by atoms with Crippen molar-refractivity contribution in [2.45, 2.75) is 19.5 Å². The molecule has 2 atom stereocenters. The average Bonchev–Trinajstić information content (AvgIpc) is 3.45. The van der Waals surface area contributed by atoms with Gasteiger partial charge in [-0.1, -0.05) is 6.07 Å². The number of halogens is 1. The lowest BCUT2D eigenvalue weighted by Crippen LogP contribution is -2.36. The van der Waals surface area contributed by atoms with Gasteiger partial charge in [-0.3, -0.25) is 9.69 Å². The van der Waals surface area contributed by atoms with E-state index in [9.17, 15) is 9.18 Å². The topological polar surface area (TPSA) is 44.6 Å². The summed E-state index contributed by atoms with van der Waals surface area (Å²) in [7, 11) is 0. The summed E-state index contributed by atoms with van der Waals surface area (Å²) in [5.41, 5.74) is 3.91. The zero-order valence-corrected chi connectivity index (χ0v) is 15.5. The number of carbonyl (C=O) groups is 1. The Morgan fingerprint density at radius 3 is 2.67 bits per heavy atom. The van der Waals surface area contributed by atoms with E-state index >= 15 is 0 Å². The van der Waals surface area contributed by atoms with Gasteiger partial charge in [0, 0.05) is 37.6 Å². The van der Waals surface area contributed by atoms with Crippen molar-refractivity contribution in [1.29, 1.82) is 0 Å². The van der Waals surface area contributed by atoms with Gasteiger partial charge < -0.3 is 15.0 Å². The van der Waals surface area contributed by atoms with Gasteiger partial charge >= 0.3 is 0 Å². The van der Waals surface area contributed by atoms with Gasteiger partial charge in [0.25, 0.3) is 0 Å². The molecule has 2 aromatic rings. The fourth-order valence-corrected chi connectivity index (χ4v) is 3.43. The number of anilines is 2. The van der Waals surface area contributed by atoms with Crippen LogP contribution in [0.15, 0.2) is 42.5 Å². The minimum absolute atomic E-state index is 0.0109. The normalized spacial score (nSPS) is 21.8. The number of rotatable bonds is 5. The fraction of sp³-hybridized carbons (Fsp3) is 0.381. The highest BCUT2D eigenvalue weighted by molar-refractivity contribution is 5.96. The van der Waals surface area contributed by atoms with Gasteiger partial charge in [-0.2, -0.15) is 0 Å². The zero-order chi connectivity index (χ0) is 18.8. The van der Waals surface area contributed by atoms with Crippen LogP contribution in [0.25, 0.3) is 0 Å². The lowest BCUT2D eigenvalue weighted by Gasteiger charge is -2.28. The Kier molecular flexibility index (Phi) is 5.09. The molecule has 6 heteroatoms. The summed E-state index contributed by atoms with van der Waals surface area (Å²) >= 11 is 0. The number of hydrogen-bond acceptors (Lipinski definition) is 4. The average molecular weight is 369 g/mol. The highest BCUT2D eigenvalue weighted by atomic mass is 19.1. The molecule has 2 heterocycles. The molecule has 0 bridgehead atoms. The van der Waals surface area contributed by atoms with Crippen molar-refractivity contribution in [2.24, 2.45) is 0 Å². The Labute approximate surface area is 158 Å². The maximum Gasteiger partial charge on any atom is 0.243 e. The minimum atomic E-state index is -0.237. The van der Waals surface area contributed by atoms with Gasteiger partial charge in [0.2, 0.25) is 5.91 Å². The smallest absolute Gasteiger partial charge is 0.243 e. The first-order valence-electron chi connectivity index (χ1n) is 9.33. The van der Waals surface area contributed by atoms with Crippen LogP contribution in [0.4, 0.5) is 15.8 Å². The molecule has 5 nitrogen and oxygen atoms in total. The molecule has 0 spiro atoms. The molecule has 2 saturated heterocycles. The Morgan fingerprint density at radius 2 is 1.93 bits per heavy atom. The molecule has 0 aromatic heterocycles. The third-order valence-corrected chi connectivity index (χ3v) is 5.21. The lowest BCUT2D eigenvalue weighted by atomic mass is 10.1. The maximum absolute atomic E-state index is 13.4. The molecular weight excluding hydrogens is 345 g/mol. The largest absolute Gasteiger partial charge is 0.378 e. The SMILES string of the molecule is Cc1ccc(F)cc1CN1CC1C(=O)Nc1ccc(N2CCOCC2)cc1. The molecule has 2 aliphatic heterocycles. The molecule has 0 saturated carbocycles. The van der Waals surface area contributed by atoms with E-state index in [1.165, 1.54) is 6.07 Å². The van der Waals surface area contributed by atoms with Crippen LogP contribution in [0, 0.1) is 12.7 Å². The quantitative estimate of drug-likeness (QED) is 0.824. The summed E-state index contributed by atoms with van der Waals surface area (Å²) in [4.78, 5) is 16.8. The van der Waals surface area contributed by atoms with Gasteiger partial charge in [-0.25, -0.2) is 4.39 Å². The van der Waals surface area contributed by atoms with Gasteiger partial charge in [-0.15, -0.1) is 0 Å². The van der Waals surface area contributed by atoms with Gasteiger partial charge in [-0.05, 0) is 54.4 Å². The van der Waals surface area contributed by atoms with Crippen LogP contribution >= 0.6 is 0 Å². The third kappa shape index (κ3) is 4.28. The lowest BCUT2D eigenvalue weighted by molar-refractivity contribution is -0.116. The second-order valence-corrected chi connectivity index (χ2v) is 7.15. The molecule has 2 fully saturated rings. The number of hydrogen-bond donors (Lipinski definition) is 1. The number of aryl methyl sites for hydroxylation is 1. The Hall–Kier alpha value is -2.44. The predicted molar refractivity (Wildman–Crippen MR) is 103 cm³/mol. The Balaban J connectivity index is 1.31. The van der Waals surface area contributed by atoms with Crippen LogP contribution < -0.4 is 10.2 Å². The summed E-state index contributed by atoms with van der Waals surface area (Å²) < 4.78 is 18.8. The van der Waals surface area contributed by atoms with Crippen molar-refractivity contribution in [3.05, 3.63) is 59.4 Å². The van der Waals surface area contributed by atoms with E-state index in [0.29, 0.717) is 13.1 Å². The fourth-order valence-electron chi connectivity index (χ4n) is 3.43. The molecule has 27 heavy (non-hydrogen) atoms. The monoisotopic (exact) mass is 369 g/mol. The van der Waals surface area contributed by atoms with Crippen molar-refractivity contribution < 1.29 is 13.9 Å². The van der Waals surface area contributed by atoms with Crippen LogP contribution in [0.2, 0.25) is 0 Å². The first-order chi connectivity index (χ1) is 13.1. The molecule has 4 rings (SSSR count). The van der Waals surface area contributed by atoms with E-state index < -0.39 is 0 Å². The Bertz CT molecular complexity index is 819. The van der Waals surface area contributed by atoms with Gasteiger partial charge in [0.05, 0.1) is 13.2 Å². The van der Waals surface area contributed by atoms with E-state index in [2.05, 4.69) is 10.2 Å². The van der Waals surface area contributed by atoms with E-state index in [1.807, 2.05) is 36.1 Å².